The zero-order valence-electron chi connectivity index (χ0n) is 16.0. The predicted octanol–water partition coefficient (Wildman–Crippen LogP) is 4.01. The Hall–Kier alpha value is -3.33. The molecule has 0 aliphatic heterocycles. The van der Waals surface area contributed by atoms with Gasteiger partial charge in [0.15, 0.2) is 0 Å². The van der Waals surface area contributed by atoms with Crippen LogP contribution in [0.1, 0.15) is 47.4 Å². The highest BCUT2D eigenvalue weighted by molar-refractivity contribution is 6.01. The number of esters is 1. The molecule has 144 valence electrons. The molecule has 1 aliphatic carbocycles. The van der Waals surface area contributed by atoms with Crippen molar-refractivity contribution in [3.05, 3.63) is 52.8 Å². The van der Waals surface area contributed by atoms with E-state index in [4.69, 9.17) is 9.15 Å². The van der Waals surface area contributed by atoms with Crippen LogP contribution in [0.5, 0.6) is 0 Å². The molecule has 0 spiro atoms. The lowest BCUT2D eigenvalue weighted by Gasteiger charge is -2.10. The summed E-state index contributed by atoms with van der Waals surface area (Å²) in [5.41, 5.74) is 2.16. The van der Waals surface area contributed by atoms with Gasteiger partial charge in [-0.15, -0.1) is 0 Å². The molecule has 1 saturated carbocycles. The van der Waals surface area contributed by atoms with E-state index in [-0.39, 0.29) is 17.5 Å². The molecule has 0 unspecified atom stereocenters. The van der Waals surface area contributed by atoms with Gasteiger partial charge in [-0.25, -0.2) is 4.79 Å². The highest BCUT2D eigenvalue weighted by atomic mass is 16.5. The van der Waals surface area contributed by atoms with Gasteiger partial charge in [0.25, 0.3) is 5.91 Å². The number of carbonyl (C=O) groups excluding carboxylic acids is 2. The van der Waals surface area contributed by atoms with Crippen LogP contribution in [-0.4, -0.2) is 25.0 Å². The number of nitrogens with one attached hydrogen (secondary N) is 1. The number of nitrogens with zero attached hydrogens (tertiary/aromatic N) is 1. The molecule has 2 aromatic rings. The zero-order chi connectivity index (χ0) is 20.1. The van der Waals surface area contributed by atoms with Crippen molar-refractivity contribution in [2.75, 3.05) is 7.11 Å². The zero-order valence-corrected chi connectivity index (χ0v) is 16.0. The van der Waals surface area contributed by atoms with E-state index < -0.39 is 5.97 Å². The van der Waals surface area contributed by atoms with Crippen LogP contribution >= 0.6 is 0 Å². The van der Waals surface area contributed by atoms with Gasteiger partial charge in [-0.1, -0.05) is 18.9 Å². The van der Waals surface area contributed by atoms with Crippen molar-refractivity contribution in [2.45, 2.75) is 38.6 Å². The lowest BCUT2D eigenvalue weighted by atomic mass is 10.0. The largest absolute Gasteiger partial charge is 0.465 e. The lowest BCUT2D eigenvalue weighted by molar-refractivity contribution is -0.117. The molecule has 1 amide bonds. The second kappa shape index (κ2) is 8.57. The summed E-state index contributed by atoms with van der Waals surface area (Å²) < 4.78 is 10.5. The highest BCUT2D eigenvalue weighted by Crippen LogP contribution is 2.27. The van der Waals surface area contributed by atoms with Crippen molar-refractivity contribution < 1.29 is 18.7 Å². The molecule has 6 heteroatoms. The Kier molecular flexibility index (Phi) is 5.95. The summed E-state index contributed by atoms with van der Waals surface area (Å²) in [6.07, 6.45) is 5.57. The maximum absolute atomic E-state index is 12.3. The highest BCUT2D eigenvalue weighted by Gasteiger charge is 2.19. The van der Waals surface area contributed by atoms with Gasteiger partial charge in [0.2, 0.25) is 0 Å². The molecule has 1 heterocycles. The fourth-order valence-electron chi connectivity index (χ4n) is 3.38. The third-order valence-electron chi connectivity index (χ3n) is 4.88. The van der Waals surface area contributed by atoms with Crippen LogP contribution in [0.3, 0.4) is 0 Å². The summed E-state index contributed by atoms with van der Waals surface area (Å²) in [7, 11) is 1.34. The minimum Gasteiger partial charge on any atom is -0.465 e. The first-order valence-corrected chi connectivity index (χ1v) is 9.23. The summed E-state index contributed by atoms with van der Waals surface area (Å²) in [5.74, 6) is 0.244. The Morgan fingerprint density at radius 3 is 2.64 bits per heavy atom. The number of benzene rings is 1. The van der Waals surface area contributed by atoms with E-state index in [9.17, 15) is 14.9 Å². The standard InChI is InChI=1S/C22H22N2O4/c1-14-11-15(22(26)27-2)7-9-19(14)20-10-8-18(28-20)12-16(13-23)21(25)24-17-5-3-4-6-17/h7-12,17H,3-6H2,1-2H3,(H,24,25)/b16-12-. The van der Waals surface area contributed by atoms with E-state index in [1.54, 1.807) is 30.3 Å². The molecule has 1 aromatic heterocycles. The SMILES string of the molecule is COC(=O)c1ccc(-c2ccc(/C=C(/C#N)C(=O)NC3CCCC3)o2)c(C)c1. The third-order valence-corrected chi connectivity index (χ3v) is 4.88. The Morgan fingerprint density at radius 1 is 1.25 bits per heavy atom. The van der Waals surface area contributed by atoms with Gasteiger partial charge >= 0.3 is 5.97 Å². The number of furan rings is 1. The molecule has 1 N–H and O–H groups in total. The Labute approximate surface area is 163 Å². The molecule has 0 atom stereocenters. The van der Waals surface area contributed by atoms with E-state index in [1.807, 2.05) is 13.0 Å². The second-order valence-electron chi connectivity index (χ2n) is 6.85. The normalized spacial score (nSPS) is 14.5. The summed E-state index contributed by atoms with van der Waals surface area (Å²) in [5, 5.41) is 12.2. The lowest BCUT2D eigenvalue weighted by Crippen LogP contribution is -2.33. The molecule has 0 bridgehead atoms. The quantitative estimate of drug-likeness (QED) is 0.482. The fourth-order valence-corrected chi connectivity index (χ4v) is 3.38. The minimum atomic E-state index is -0.398. The van der Waals surface area contributed by atoms with E-state index in [0.29, 0.717) is 17.1 Å². The number of nitriles is 1. The van der Waals surface area contributed by atoms with Gasteiger partial charge in [0.1, 0.15) is 23.2 Å². The van der Waals surface area contributed by atoms with Gasteiger partial charge in [0, 0.05) is 17.7 Å². The van der Waals surface area contributed by atoms with Gasteiger partial charge < -0.3 is 14.5 Å². The van der Waals surface area contributed by atoms with Crippen molar-refractivity contribution in [1.82, 2.24) is 5.32 Å². The fraction of sp³-hybridized carbons (Fsp3) is 0.318. The number of carbonyl (C=O) groups is 2. The van der Waals surface area contributed by atoms with Gasteiger partial charge in [0.05, 0.1) is 12.7 Å². The van der Waals surface area contributed by atoms with Crippen molar-refractivity contribution in [1.29, 1.82) is 5.26 Å². The first kappa shape index (κ1) is 19.4. The Bertz CT molecular complexity index is 959. The average molecular weight is 378 g/mol. The van der Waals surface area contributed by atoms with Gasteiger partial charge in [-0.3, -0.25) is 4.79 Å². The van der Waals surface area contributed by atoms with E-state index in [1.165, 1.54) is 13.2 Å². The van der Waals surface area contributed by atoms with Gasteiger partial charge in [-0.05, 0) is 49.6 Å². The number of methoxy groups -OCH3 is 1. The Morgan fingerprint density at radius 2 is 2.00 bits per heavy atom. The van der Waals surface area contributed by atoms with Crippen molar-refractivity contribution in [3.63, 3.8) is 0 Å². The van der Waals surface area contributed by atoms with Gasteiger partial charge in [-0.2, -0.15) is 5.26 Å². The van der Waals surface area contributed by atoms with Crippen LogP contribution in [0, 0.1) is 18.3 Å². The van der Waals surface area contributed by atoms with Crippen LogP contribution < -0.4 is 5.32 Å². The third kappa shape index (κ3) is 4.32. The van der Waals surface area contributed by atoms with Crippen LogP contribution in [0.2, 0.25) is 0 Å². The molecule has 1 fully saturated rings. The molecule has 28 heavy (non-hydrogen) atoms. The minimum absolute atomic E-state index is 0.0190. The summed E-state index contributed by atoms with van der Waals surface area (Å²) >= 11 is 0. The van der Waals surface area contributed by atoms with Crippen LogP contribution in [-0.2, 0) is 9.53 Å². The van der Waals surface area contributed by atoms with Crippen LogP contribution in [0.25, 0.3) is 17.4 Å². The number of aryl methyl sites for hydroxylation is 1. The van der Waals surface area contributed by atoms with Crippen LogP contribution in [0.15, 0.2) is 40.3 Å². The smallest absolute Gasteiger partial charge is 0.337 e. The van der Waals surface area contributed by atoms with Crippen molar-refractivity contribution >= 4 is 18.0 Å². The number of rotatable bonds is 5. The topological polar surface area (TPSA) is 92.3 Å². The second-order valence-corrected chi connectivity index (χ2v) is 6.85. The monoisotopic (exact) mass is 378 g/mol. The number of ether oxygens (including phenoxy) is 1. The molecular formula is C22H22N2O4. The number of amides is 1. The Balaban J connectivity index is 1.79. The predicted molar refractivity (Wildman–Crippen MR) is 104 cm³/mol. The molecular weight excluding hydrogens is 356 g/mol. The molecule has 1 aromatic carbocycles. The molecule has 0 saturated heterocycles. The van der Waals surface area contributed by atoms with Crippen LogP contribution in [0.4, 0.5) is 0 Å². The van der Waals surface area contributed by atoms with E-state index >= 15 is 0 Å². The molecule has 6 nitrogen and oxygen atoms in total. The molecule has 0 radical (unpaired) electrons. The molecule has 1 aliphatic rings. The summed E-state index contributed by atoms with van der Waals surface area (Å²) in [4.78, 5) is 23.9. The van der Waals surface area contributed by atoms with E-state index in [2.05, 4.69) is 5.32 Å². The average Bonchev–Trinajstić information content (AvgIpc) is 3.37. The maximum atomic E-state index is 12.3. The number of hydrogen-bond acceptors (Lipinski definition) is 5. The molecule has 3 rings (SSSR count). The first-order chi connectivity index (χ1) is 13.5. The summed E-state index contributed by atoms with van der Waals surface area (Å²) in [6, 6.07) is 10.8. The summed E-state index contributed by atoms with van der Waals surface area (Å²) in [6.45, 7) is 1.87. The van der Waals surface area contributed by atoms with E-state index in [0.717, 1.165) is 36.8 Å². The number of hydrogen-bond donors (Lipinski definition) is 1. The maximum Gasteiger partial charge on any atom is 0.337 e. The van der Waals surface area contributed by atoms with Crippen molar-refractivity contribution in [2.24, 2.45) is 0 Å². The van der Waals surface area contributed by atoms with Crippen molar-refractivity contribution in [3.8, 4) is 17.4 Å². The first-order valence-electron chi connectivity index (χ1n) is 9.23.